The zero-order valence-electron chi connectivity index (χ0n) is 18.2. The molecule has 6 nitrogen and oxygen atoms in total. The van der Waals surface area contributed by atoms with E-state index in [1.807, 2.05) is 39.0 Å². The Labute approximate surface area is 185 Å². The molecule has 0 fully saturated rings. The average molecular weight is 425 g/mol. The van der Waals surface area contributed by atoms with Gasteiger partial charge in [-0.2, -0.15) is 0 Å². The van der Waals surface area contributed by atoms with Crippen LogP contribution in [0, 0.1) is 20.8 Å². The molecule has 6 heteroatoms. The molecule has 160 valence electrons. The number of carbonyl (C=O) groups is 2. The lowest BCUT2D eigenvalue weighted by atomic mass is 10.0. The molecule has 4 rings (SSSR count). The molecule has 4 aromatic rings. The second kappa shape index (κ2) is 8.59. The topological polar surface area (TPSA) is 81.1 Å². The fourth-order valence-electron chi connectivity index (χ4n) is 3.60. The van der Waals surface area contributed by atoms with Gasteiger partial charge in [-0.3, -0.25) is 14.4 Å². The van der Waals surface area contributed by atoms with Gasteiger partial charge >= 0.3 is 0 Å². The SMILES string of the molecule is Cc1ccc(C)c(NC(=O)Cn2cc(C(=O)c3ccccc3)c(=O)c3ccc(C)nc32)c1. The lowest BCUT2D eigenvalue weighted by molar-refractivity contribution is -0.116. The van der Waals surface area contributed by atoms with Crippen molar-refractivity contribution < 1.29 is 9.59 Å². The summed E-state index contributed by atoms with van der Waals surface area (Å²) in [4.78, 5) is 43.5. The molecule has 0 saturated carbocycles. The number of pyridine rings is 2. The molecule has 0 bridgehead atoms. The fraction of sp³-hybridized carbons (Fsp3) is 0.154. The third kappa shape index (κ3) is 4.21. The highest BCUT2D eigenvalue weighted by Crippen LogP contribution is 2.18. The first-order valence-corrected chi connectivity index (χ1v) is 10.3. The smallest absolute Gasteiger partial charge is 0.244 e. The van der Waals surface area contributed by atoms with E-state index in [0.29, 0.717) is 22.3 Å². The summed E-state index contributed by atoms with van der Waals surface area (Å²) < 4.78 is 1.57. The first kappa shape index (κ1) is 21.2. The molecule has 1 amide bonds. The van der Waals surface area contributed by atoms with Crippen molar-refractivity contribution in [2.45, 2.75) is 27.3 Å². The lowest BCUT2D eigenvalue weighted by Gasteiger charge is -2.14. The van der Waals surface area contributed by atoms with Crippen LogP contribution in [0.4, 0.5) is 5.69 Å². The van der Waals surface area contributed by atoms with Crippen LogP contribution < -0.4 is 10.7 Å². The van der Waals surface area contributed by atoms with E-state index >= 15 is 0 Å². The summed E-state index contributed by atoms with van der Waals surface area (Å²) >= 11 is 0. The Kier molecular flexibility index (Phi) is 5.69. The summed E-state index contributed by atoms with van der Waals surface area (Å²) in [5.41, 5.74) is 3.82. The first-order valence-electron chi connectivity index (χ1n) is 10.3. The van der Waals surface area contributed by atoms with Gasteiger partial charge in [0.2, 0.25) is 11.3 Å². The van der Waals surface area contributed by atoms with E-state index in [0.717, 1.165) is 16.8 Å². The normalized spacial score (nSPS) is 10.8. The molecule has 2 aromatic heterocycles. The number of anilines is 1. The standard InChI is InChI=1S/C26H23N3O3/c1-16-9-10-17(2)22(13-16)28-23(30)15-29-14-21(24(31)19-7-5-4-6-8-19)25(32)20-12-11-18(3)27-26(20)29/h4-14H,15H2,1-3H3,(H,28,30). The van der Waals surface area contributed by atoms with E-state index in [2.05, 4.69) is 10.3 Å². The van der Waals surface area contributed by atoms with Crippen LogP contribution in [0.1, 0.15) is 32.7 Å². The number of carbonyl (C=O) groups excluding carboxylic acids is 2. The quantitative estimate of drug-likeness (QED) is 0.486. The van der Waals surface area contributed by atoms with Gasteiger partial charge in [-0.05, 0) is 50.1 Å². The first-order chi connectivity index (χ1) is 15.3. The molecule has 0 saturated heterocycles. The van der Waals surface area contributed by atoms with Crippen molar-refractivity contribution in [2.24, 2.45) is 0 Å². The Hall–Kier alpha value is -4.06. The van der Waals surface area contributed by atoms with E-state index in [1.165, 1.54) is 6.20 Å². The zero-order valence-corrected chi connectivity index (χ0v) is 18.2. The van der Waals surface area contributed by atoms with Crippen LogP contribution in [-0.4, -0.2) is 21.2 Å². The number of aryl methyl sites for hydroxylation is 3. The van der Waals surface area contributed by atoms with Crippen molar-refractivity contribution >= 4 is 28.4 Å². The van der Waals surface area contributed by atoms with Crippen molar-refractivity contribution in [2.75, 3.05) is 5.32 Å². The number of rotatable bonds is 5. The van der Waals surface area contributed by atoms with Crippen LogP contribution in [0.25, 0.3) is 11.0 Å². The maximum atomic E-state index is 13.1. The van der Waals surface area contributed by atoms with Crippen LogP contribution >= 0.6 is 0 Å². The second-order valence-electron chi connectivity index (χ2n) is 7.89. The van der Waals surface area contributed by atoms with Crippen LogP contribution in [0.15, 0.2) is 71.7 Å². The molecule has 32 heavy (non-hydrogen) atoms. The molecule has 0 aliphatic heterocycles. The summed E-state index contributed by atoms with van der Waals surface area (Å²) in [7, 11) is 0. The van der Waals surface area contributed by atoms with Crippen molar-refractivity contribution in [3.8, 4) is 0 Å². The van der Waals surface area contributed by atoms with Crippen molar-refractivity contribution in [3.63, 3.8) is 0 Å². The van der Waals surface area contributed by atoms with Crippen molar-refractivity contribution in [1.82, 2.24) is 9.55 Å². The van der Waals surface area contributed by atoms with Gasteiger partial charge in [0.25, 0.3) is 0 Å². The maximum absolute atomic E-state index is 13.1. The molecular weight excluding hydrogens is 402 g/mol. The molecule has 0 atom stereocenters. The molecule has 0 unspecified atom stereocenters. The minimum Gasteiger partial charge on any atom is -0.324 e. The summed E-state index contributed by atoms with van der Waals surface area (Å²) in [5, 5.41) is 3.23. The van der Waals surface area contributed by atoms with Gasteiger partial charge < -0.3 is 9.88 Å². The summed E-state index contributed by atoms with van der Waals surface area (Å²) in [6.07, 6.45) is 1.44. The van der Waals surface area contributed by atoms with Gasteiger partial charge in [0.1, 0.15) is 12.2 Å². The predicted octanol–water partition coefficient (Wildman–Crippen LogP) is 4.19. The predicted molar refractivity (Wildman–Crippen MR) is 125 cm³/mol. The van der Waals surface area contributed by atoms with E-state index in [-0.39, 0.29) is 23.8 Å². The zero-order chi connectivity index (χ0) is 22.8. The number of amides is 1. The minimum atomic E-state index is -0.396. The van der Waals surface area contributed by atoms with Crippen molar-refractivity contribution in [3.05, 3.63) is 105 Å². The molecule has 1 N–H and O–H groups in total. The molecule has 0 radical (unpaired) electrons. The van der Waals surface area contributed by atoms with Crippen LogP contribution in [0.5, 0.6) is 0 Å². The Balaban J connectivity index is 1.77. The van der Waals surface area contributed by atoms with Gasteiger partial charge in [0.15, 0.2) is 5.78 Å². The van der Waals surface area contributed by atoms with Crippen LogP contribution in [0.3, 0.4) is 0 Å². The van der Waals surface area contributed by atoms with E-state index < -0.39 is 5.43 Å². The van der Waals surface area contributed by atoms with Crippen LogP contribution in [0.2, 0.25) is 0 Å². The number of aromatic nitrogens is 2. The molecule has 0 aliphatic carbocycles. The maximum Gasteiger partial charge on any atom is 0.244 e. The van der Waals surface area contributed by atoms with Crippen LogP contribution in [-0.2, 0) is 11.3 Å². The average Bonchev–Trinajstić information content (AvgIpc) is 2.78. The number of hydrogen-bond acceptors (Lipinski definition) is 4. The highest BCUT2D eigenvalue weighted by Gasteiger charge is 2.19. The van der Waals surface area contributed by atoms with Gasteiger partial charge in [-0.25, -0.2) is 4.98 Å². The third-order valence-electron chi connectivity index (χ3n) is 5.32. The fourth-order valence-corrected chi connectivity index (χ4v) is 3.60. The van der Waals surface area contributed by atoms with E-state index in [4.69, 9.17) is 0 Å². The molecule has 2 aromatic carbocycles. The Morgan fingerprint density at radius 3 is 2.47 bits per heavy atom. The number of nitrogens with zero attached hydrogens (tertiary/aromatic N) is 2. The number of hydrogen-bond donors (Lipinski definition) is 1. The number of benzene rings is 2. The molecule has 0 spiro atoms. The number of nitrogens with one attached hydrogen (secondary N) is 1. The molecule has 0 aliphatic rings. The summed E-state index contributed by atoms with van der Waals surface area (Å²) in [6.45, 7) is 5.60. The molecular formula is C26H23N3O3. The van der Waals surface area contributed by atoms with Gasteiger partial charge in [-0.15, -0.1) is 0 Å². The summed E-state index contributed by atoms with van der Waals surface area (Å²) in [5.74, 6) is -0.660. The van der Waals surface area contributed by atoms with Gasteiger partial charge in [-0.1, -0.05) is 42.5 Å². The second-order valence-corrected chi connectivity index (χ2v) is 7.89. The molecule has 2 heterocycles. The Morgan fingerprint density at radius 2 is 1.72 bits per heavy atom. The minimum absolute atomic E-state index is 0.00823. The van der Waals surface area contributed by atoms with Gasteiger partial charge in [0, 0.05) is 23.1 Å². The monoisotopic (exact) mass is 425 g/mol. The third-order valence-corrected chi connectivity index (χ3v) is 5.32. The summed E-state index contributed by atoms with van der Waals surface area (Å²) in [6, 6.07) is 17.8. The van der Waals surface area contributed by atoms with E-state index in [9.17, 15) is 14.4 Å². The lowest BCUT2D eigenvalue weighted by Crippen LogP contribution is -2.25. The number of fused-ring (bicyclic) bond motifs is 1. The number of ketones is 1. The van der Waals surface area contributed by atoms with E-state index in [1.54, 1.807) is 47.0 Å². The highest BCUT2D eigenvalue weighted by molar-refractivity contribution is 6.10. The van der Waals surface area contributed by atoms with Gasteiger partial charge in [0.05, 0.1) is 10.9 Å². The Bertz CT molecular complexity index is 1410. The van der Waals surface area contributed by atoms with Crippen molar-refractivity contribution in [1.29, 1.82) is 0 Å². The Morgan fingerprint density at radius 1 is 0.969 bits per heavy atom. The highest BCUT2D eigenvalue weighted by atomic mass is 16.2. The largest absolute Gasteiger partial charge is 0.324 e.